The molecule has 0 saturated heterocycles. The molecule has 1 aromatic carbocycles. The molecular weight excluding hydrogens is 212 g/mol. The second-order valence-corrected chi connectivity index (χ2v) is 3.85. The lowest BCUT2D eigenvalue weighted by Crippen LogP contribution is -2.01. The van der Waals surface area contributed by atoms with E-state index in [9.17, 15) is 4.79 Å². The predicted molar refractivity (Wildman–Crippen MR) is 66.0 cm³/mol. The monoisotopic (exact) mass is 222 g/mol. The second-order valence-electron chi connectivity index (χ2n) is 3.85. The number of benzene rings is 1. The molecule has 0 bridgehead atoms. The van der Waals surface area contributed by atoms with Crippen molar-refractivity contribution in [2.45, 2.75) is 0 Å². The third-order valence-corrected chi connectivity index (χ3v) is 2.74. The smallest absolute Gasteiger partial charge is 0.194 e. The molecule has 0 atom stereocenters. The first-order chi connectivity index (χ1) is 8.34. The van der Waals surface area contributed by atoms with Crippen LogP contribution in [0.25, 0.3) is 10.9 Å². The zero-order chi connectivity index (χ0) is 11.7. The van der Waals surface area contributed by atoms with Gasteiger partial charge in [0, 0.05) is 40.6 Å². The number of aromatic nitrogens is 2. The first-order valence-corrected chi connectivity index (χ1v) is 5.36. The zero-order valence-electron chi connectivity index (χ0n) is 9.05. The molecule has 0 amide bonds. The fraction of sp³-hybridized carbons (Fsp3) is 0. The molecule has 0 radical (unpaired) electrons. The highest BCUT2D eigenvalue weighted by molar-refractivity contribution is 6.10. The van der Waals surface area contributed by atoms with Gasteiger partial charge < -0.3 is 4.98 Å². The number of rotatable bonds is 2. The maximum absolute atomic E-state index is 12.2. The molecule has 0 unspecified atom stereocenters. The highest BCUT2D eigenvalue weighted by Gasteiger charge is 2.09. The third-order valence-electron chi connectivity index (χ3n) is 2.74. The Labute approximate surface area is 98.1 Å². The van der Waals surface area contributed by atoms with Crippen molar-refractivity contribution in [2.24, 2.45) is 0 Å². The molecule has 0 aliphatic heterocycles. The molecule has 2 heterocycles. The van der Waals surface area contributed by atoms with Gasteiger partial charge >= 0.3 is 0 Å². The van der Waals surface area contributed by atoms with Crippen molar-refractivity contribution >= 4 is 16.7 Å². The largest absolute Gasteiger partial charge is 0.361 e. The Hall–Kier alpha value is -2.42. The van der Waals surface area contributed by atoms with E-state index in [4.69, 9.17) is 0 Å². The van der Waals surface area contributed by atoms with E-state index >= 15 is 0 Å². The average molecular weight is 222 g/mol. The van der Waals surface area contributed by atoms with E-state index in [2.05, 4.69) is 9.97 Å². The Morgan fingerprint density at radius 1 is 1.12 bits per heavy atom. The molecular formula is C14H10N2O. The van der Waals surface area contributed by atoms with Crippen LogP contribution in [0.2, 0.25) is 0 Å². The molecule has 0 aliphatic carbocycles. The molecule has 1 N–H and O–H groups in total. The quantitative estimate of drug-likeness (QED) is 0.677. The summed E-state index contributed by atoms with van der Waals surface area (Å²) in [4.78, 5) is 19.2. The number of nitrogens with zero attached hydrogens (tertiary/aromatic N) is 1. The lowest BCUT2D eigenvalue weighted by atomic mass is 10.0. The fourth-order valence-electron chi connectivity index (χ4n) is 1.86. The number of ketones is 1. The molecule has 2 aromatic heterocycles. The number of pyridine rings is 1. The summed E-state index contributed by atoms with van der Waals surface area (Å²) in [6, 6.07) is 11.1. The van der Waals surface area contributed by atoms with E-state index in [0.29, 0.717) is 11.1 Å². The van der Waals surface area contributed by atoms with E-state index in [1.54, 1.807) is 24.5 Å². The van der Waals surface area contributed by atoms with Gasteiger partial charge in [-0.3, -0.25) is 9.78 Å². The first kappa shape index (κ1) is 9.78. The number of H-pyrrole nitrogens is 1. The van der Waals surface area contributed by atoms with Crippen LogP contribution in [0.5, 0.6) is 0 Å². The molecule has 0 spiro atoms. The van der Waals surface area contributed by atoms with Gasteiger partial charge in [0.2, 0.25) is 0 Å². The van der Waals surface area contributed by atoms with Gasteiger partial charge in [0.05, 0.1) is 0 Å². The molecule has 3 heteroatoms. The van der Waals surface area contributed by atoms with Gasteiger partial charge in [0.25, 0.3) is 0 Å². The van der Waals surface area contributed by atoms with E-state index in [0.717, 1.165) is 10.9 Å². The van der Waals surface area contributed by atoms with Crippen molar-refractivity contribution in [2.75, 3.05) is 0 Å². The van der Waals surface area contributed by atoms with E-state index in [1.165, 1.54) is 0 Å². The van der Waals surface area contributed by atoms with E-state index in [1.807, 2.05) is 30.5 Å². The summed E-state index contributed by atoms with van der Waals surface area (Å²) < 4.78 is 0. The minimum atomic E-state index is 0.00111. The normalized spacial score (nSPS) is 10.6. The van der Waals surface area contributed by atoms with Crippen LogP contribution in [0, 0.1) is 0 Å². The van der Waals surface area contributed by atoms with Crippen LogP contribution in [0.4, 0.5) is 0 Å². The van der Waals surface area contributed by atoms with Crippen molar-refractivity contribution in [3.05, 3.63) is 66.1 Å². The third kappa shape index (κ3) is 1.72. The van der Waals surface area contributed by atoms with Crippen LogP contribution in [0.15, 0.2) is 55.0 Å². The molecule has 17 heavy (non-hydrogen) atoms. The Morgan fingerprint density at radius 3 is 2.88 bits per heavy atom. The summed E-state index contributed by atoms with van der Waals surface area (Å²) in [5.74, 6) is 0.00111. The van der Waals surface area contributed by atoms with Gasteiger partial charge in [-0.25, -0.2) is 0 Å². The SMILES string of the molecule is O=C(c1cccnc1)c1ccc2[nH]ccc2c1. The predicted octanol–water partition coefficient (Wildman–Crippen LogP) is 2.79. The lowest BCUT2D eigenvalue weighted by molar-refractivity contribution is 0.103. The van der Waals surface area contributed by atoms with Crippen LogP contribution in [-0.2, 0) is 0 Å². The van der Waals surface area contributed by atoms with Crippen molar-refractivity contribution in [3.8, 4) is 0 Å². The van der Waals surface area contributed by atoms with Gasteiger partial charge in [0.1, 0.15) is 0 Å². The first-order valence-electron chi connectivity index (χ1n) is 5.36. The topological polar surface area (TPSA) is 45.8 Å². The fourth-order valence-corrected chi connectivity index (χ4v) is 1.86. The number of carbonyl (C=O) groups excluding carboxylic acids is 1. The van der Waals surface area contributed by atoms with Crippen LogP contribution < -0.4 is 0 Å². The Bertz CT molecular complexity index is 671. The lowest BCUT2D eigenvalue weighted by Gasteiger charge is -2.00. The molecule has 3 nitrogen and oxygen atoms in total. The number of carbonyl (C=O) groups is 1. The number of nitrogens with one attached hydrogen (secondary N) is 1. The Balaban J connectivity index is 2.06. The van der Waals surface area contributed by atoms with Gasteiger partial charge in [-0.15, -0.1) is 0 Å². The van der Waals surface area contributed by atoms with Crippen molar-refractivity contribution in [1.29, 1.82) is 0 Å². The van der Waals surface area contributed by atoms with Crippen LogP contribution in [0.1, 0.15) is 15.9 Å². The van der Waals surface area contributed by atoms with Crippen LogP contribution in [-0.4, -0.2) is 15.8 Å². The molecule has 0 saturated carbocycles. The highest BCUT2D eigenvalue weighted by atomic mass is 16.1. The standard InChI is InChI=1S/C14H10N2O/c17-14(12-2-1-6-15-9-12)11-3-4-13-10(8-11)5-7-16-13/h1-9,16H. The molecule has 82 valence electrons. The van der Waals surface area contributed by atoms with Crippen LogP contribution >= 0.6 is 0 Å². The Morgan fingerprint density at radius 2 is 2.06 bits per heavy atom. The molecule has 0 aliphatic rings. The summed E-state index contributed by atoms with van der Waals surface area (Å²) in [7, 11) is 0. The van der Waals surface area contributed by atoms with Gasteiger partial charge in [-0.1, -0.05) is 0 Å². The van der Waals surface area contributed by atoms with Crippen molar-refractivity contribution in [3.63, 3.8) is 0 Å². The van der Waals surface area contributed by atoms with E-state index < -0.39 is 0 Å². The van der Waals surface area contributed by atoms with Gasteiger partial charge in [-0.2, -0.15) is 0 Å². The molecule has 0 fully saturated rings. The zero-order valence-corrected chi connectivity index (χ0v) is 9.05. The summed E-state index contributed by atoms with van der Waals surface area (Å²) in [6.45, 7) is 0. The van der Waals surface area contributed by atoms with Crippen molar-refractivity contribution < 1.29 is 4.79 Å². The Kier molecular flexibility index (Phi) is 2.22. The summed E-state index contributed by atoms with van der Waals surface area (Å²) >= 11 is 0. The van der Waals surface area contributed by atoms with Crippen molar-refractivity contribution in [1.82, 2.24) is 9.97 Å². The maximum Gasteiger partial charge on any atom is 0.194 e. The summed E-state index contributed by atoms with van der Waals surface area (Å²) in [5.41, 5.74) is 2.33. The second kappa shape index (κ2) is 3.87. The van der Waals surface area contributed by atoms with Gasteiger partial charge in [0.15, 0.2) is 5.78 Å². The summed E-state index contributed by atoms with van der Waals surface area (Å²) in [5, 5.41) is 1.04. The van der Waals surface area contributed by atoms with Gasteiger partial charge in [-0.05, 0) is 36.4 Å². The highest BCUT2D eigenvalue weighted by Crippen LogP contribution is 2.16. The molecule has 3 rings (SSSR count). The molecule has 3 aromatic rings. The minimum Gasteiger partial charge on any atom is -0.361 e. The number of hydrogen-bond donors (Lipinski definition) is 1. The van der Waals surface area contributed by atoms with Crippen LogP contribution in [0.3, 0.4) is 0 Å². The van der Waals surface area contributed by atoms with E-state index in [-0.39, 0.29) is 5.78 Å². The average Bonchev–Trinajstić information content (AvgIpc) is 2.86. The minimum absolute atomic E-state index is 0.00111. The number of aromatic amines is 1. The maximum atomic E-state index is 12.2. The summed E-state index contributed by atoms with van der Waals surface area (Å²) in [6.07, 6.45) is 5.11. The number of hydrogen-bond acceptors (Lipinski definition) is 2. The number of fused-ring (bicyclic) bond motifs is 1.